The van der Waals surface area contributed by atoms with Crippen molar-refractivity contribution < 1.29 is 4.92 Å². The zero-order valence-electron chi connectivity index (χ0n) is 11.3. The summed E-state index contributed by atoms with van der Waals surface area (Å²) in [5.74, 6) is 0. The Hall–Kier alpha value is -2.56. The number of non-ortho nitro benzene ring substituents is 1. The molecule has 0 aliphatic heterocycles. The van der Waals surface area contributed by atoms with Gasteiger partial charge in [0.15, 0.2) is 0 Å². The van der Waals surface area contributed by atoms with Crippen molar-refractivity contribution in [3.63, 3.8) is 0 Å². The summed E-state index contributed by atoms with van der Waals surface area (Å²) in [6, 6.07) is 14.6. The lowest BCUT2D eigenvalue weighted by molar-refractivity contribution is -0.384. The highest BCUT2D eigenvalue weighted by Gasteiger charge is 2.13. The minimum atomic E-state index is -0.437. The number of nitrogens with two attached hydrogens (primary N) is 1. The Morgan fingerprint density at radius 3 is 2.45 bits per heavy atom. The molecule has 0 amide bonds. The molecule has 0 spiro atoms. The van der Waals surface area contributed by atoms with E-state index in [0.717, 1.165) is 18.8 Å². The molecule has 2 rings (SSSR count). The summed E-state index contributed by atoms with van der Waals surface area (Å²) in [5.41, 5.74) is 8.38. The first-order valence-corrected chi connectivity index (χ1v) is 6.44. The lowest BCUT2D eigenvalue weighted by atomic mass is 10.1. The first-order chi connectivity index (χ1) is 9.61. The highest BCUT2D eigenvalue weighted by Crippen LogP contribution is 2.28. The summed E-state index contributed by atoms with van der Waals surface area (Å²) in [4.78, 5) is 12.4. The van der Waals surface area contributed by atoms with Crippen LogP contribution in [0.5, 0.6) is 0 Å². The number of hydrogen-bond donors (Lipinski definition) is 1. The SMILES string of the molecule is CCN(Cc1ccccc1)c1ccc([N+](=O)[O-])cc1N. The maximum Gasteiger partial charge on any atom is 0.271 e. The lowest BCUT2D eigenvalue weighted by Gasteiger charge is -2.24. The van der Waals surface area contributed by atoms with Gasteiger partial charge in [0.25, 0.3) is 5.69 Å². The molecule has 0 unspecified atom stereocenters. The summed E-state index contributed by atoms with van der Waals surface area (Å²) >= 11 is 0. The van der Waals surface area contributed by atoms with Gasteiger partial charge in [0, 0.05) is 25.2 Å². The van der Waals surface area contributed by atoms with Gasteiger partial charge in [-0.3, -0.25) is 10.1 Å². The zero-order chi connectivity index (χ0) is 14.5. The summed E-state index contributed by atoms with van der Waals surface area (Å²) < 4.78 is 0. The fourth-order valence-electron chi connectivity index (χ4n) is 2.11. The number of anilines is 2. The number of nitrogen functional groups attached to an aromatic ring is 1. The molecule has 5 nitrogen and oxygen atoms in total. The van der Waals surface area contributed by atoms with Crippen molar-refractivity contribution in [2.75, 3.05) is 17.2 Å². The smallest absolute Gasteiger partial charge is 0.271 e. The van der Waals surface area contributed by atoms with E-state index in [1.807, 2.05) is 37.3 Å². The Kier molecular flexibility index (Phi) is 4.20. The van der Waals surface area contributed by atoms with Gasteiger partial charge in [-0.05, 0) is 18.6 Å². The molecule has 2 aromatic rings. The van der Waals surface area contributed by atoms with Crippen LogP contribution in [0.25, 0.3) is 0 Å². The molecule has 20 heavy (non-hydrogen) atoms. The summed E-state index contributed by atoms with van der Waals surface area (Å²) in [5, 5.41) is 10.7. The quantitative estimate of drug-likeness (QED) is 0.515. The molecule has 2 N–H and O–H groups in total. The number of nitro groups is 1. The largest absolute Gasteiger partial charge is 0.397 e. The molecule has 0 radical (unpaired) electrons. The highest BCUT2D eigenvalue weighted by atomic mass is 16.6. The van der Waals surface area contributed by atoms with Gasteiger partial charge in [-0.15, -0.1) is 0 Å². The third-order valence-electron chi connectivity index (χ3n) is 3.16. The van der Waals surface area contributed by atoms with E-state index in [0.29, 0.717) is 5.69 Å². The predicted molar refractivity (Wildman–Crippen MR) is 80.7 cm³/mol. The maximum absolute atomic E-state index is 10.7. The third-order valence-corrected chi connectivity index (χ3v) is 3.16. The van der Waals surface area contributed by atoms with E-state index in [1.165, 1.54) is 17.7 Å². The first kappa shape index (κ1) is 13.9. The molecule has 0 aliphatic rings. The maximum atomic E-state index is 10.7. The van der Waals surface area contributed by atoms with Gasteiger partial charge in [-0.1, -0.05) is 30.3 Å². The molecule has 104 valence electrons. The molecule has 0 aliphatic carbocycles. The van der Waals surface area contributed by atoms with E-state index in [9.17, 15) is 10.1 Å². The average molecular weight is 271 g/mol. The van der Waals surface area contributed by atoms with E-state index in [4.69, 9.17) is 5.73 Å². The minimum absolute atomic E-state index is 0.0158. The van der Waals surface area contributed by atoms with Gasteiger partial charge in [0.05, 0.1) is 16.3 Å². The summed E-state index contributed by atoms with van der Waals surface area (Å²) in [7, 11) is 0. The second-order valence-electron chi connectivity index (χ2n) is 4.50. The van der Waals surface area contributed by atoms with Crippen LogP contribution in [0.3, 0.4) is 0 Å². The van der Waals surface area contributed by atoms with E-state index in [1.54, 1.807) is 6.07 Å². The van der Waals surface area contributed by atoms with Crippen LogP contribution < -0.4 is 10.6 Å². The Balaban J connectivity index is 2.26. The van der Waals surface area contributed by atoms with Crippen molar-refractivity contribution in [1.29, 1.82) is 0 Å². The van der Waals surface area contributed by atoms with E-state index >= 15 is 0 Å². The van der Waals surface area contributed by atoms with Gasteiger partial charge < -0.3 is 10.6 Å². The van der Waals surface area contributed by atoms with Crippen LogP contribution in [-0.4, -0.2) is 11.5 Å². The third kappa shape index (κ3) is 3.06. The number of rotatable bonds is 5. The summed E-state index contributed by atoms with van der Waals surface area (Å²) in [6.45, 7) is 3.53. The second kappa shape index (κ2) is 6.06. The van der Waals surface area contributed by atoms with E-state index in [2.05, 4.69) is 4.90 Å². The monoisotopic (exact) mass is 271 g/mol. The predicted octanol–water partition coefficient (Wildman–Crippen LogP) is 3.20. The topological polar surface area (TPSA) is 72.4 Å². The zero-order valence-corrected chi connectivity index (χ0v) is 11.3. The molecule has 0 heterocycles. The van der Waals surface area contributed by atoms with Crippen LogP contribution in [-0.2, 0) is 6.54 Å². The molecular weight excluding hydrogens is 254 g/mol. The van der Waals surface area contributed by atoms with Crippen molar-refractivity contribution in [1.82, 2.24) is 0 Å². The Labute approximate surface area is 117 Å². The van der Waals surface area contributed by atoms with Gasteiger partial charge in [0.2, 0.25) is 0 Å². The average Bonchev–Trinajstić information content (AvgIpc) is 2.46. The fourth-order valence-corrected chi connectivity index (χ4v) is 2.11. The standard InChI is InChI=1S/C15H17N3O2/c1-2-17(11-12-6-4-3-5-7-12)15-9-8-13(18(19)20)10-14(15)16/h3-10H,2,11,16H2,1H3. The lowest BCUT2D eigenvalue weighted by Crippen LogP contribution is -2.23. The van der Waals surface area contributed by atoms with Crippen LogP contribution in [0.1, 0.15) is 12.5 Å². The number of nitro benzene ring substituents is 1. The second-order valence-corrected chi connectivity index (χ2v) is 4.50. The van der Waals surface area contributed by atoms with Gasteiger partial charge in [-0.25, -0.2) is 0 Å². The fraction of sp³-hybridized carbons (Fsp3) is 0.200. The molecule has 0 atom stereocenters. The molecule has 0 bridgehead atoms. The van der Waals surface area contributed by atoms with Crippen molar-refractivity contribution in [2.24, 2.45) is 0 Å². The van der Waals surface area contributed by atoms with Crippen molar-refractivity contribution >= 4 is 17.1 Å². The van der Waals surface area contributed by atoms with Crippen LogP contribution in [0, 0.1) is 10.1 Å². The van der Waals surface area contributed by atoms with E-state index < -0.39 is 4.92 Å². The van der Waals surface area contributed by atoms with Crippen LogP contribution >= 0.6 is 0 Å². The highest BCUT2D eigenvalue weighted by molar-refractivity contribution is 5.70. The molecule has 0 fully saturated rings. The first-order valence-electron chi connectivity index (χ1n) is 6.44. The van der Waals surface area contributed by atoms with Crippen molar-refractivity contribution in [3.8, 4) is 0 Å². The minimum Gasteiger partial charge on any atom is -0.397 e. The molecule has 0 saturated carbocycles. The molecule has 5 heteroatoms. The normalized spacial score (nSPS) is 10.2. The number of benzene rings is 2. The molecule has 0 saturated heterocycles. The molecule has 2 aromatic carbocycles. The van der Waals surface area contributed by atoms with Gasteiger partial charge in [-0.2, -0.15) is 0 Å². The Morgan fingerprint density at radius 2 is 1.90 bits per heavy atom. The van der Waals surface area contributed by atoms with E-state index in [-0.39, 0.29) is 5.69 Å². The Bertz CT molecular complexity index is 599. The Morgan fingerprint density at radius 1 is 1.20 bits per heavy atom. The van der Waals surface area contributed by atoms with Crippen LogP contribution in [0.2, 0.25) is 0 Å². The molecular formula is C15H17N3O2. The van der Waals surface area contributed by atoms with Gasteiger partial charge >= 0.3 is 0 Å². The van der Waals surface area contributed by atoms with Gasteiger partial charge in [0.1, 0.15) is 0 Å². The van der Waals surface area contributed by atoms with Crippen molar-refractivity contribution in [3.05, 3.63) is 64.2 Å². The summed E-state index contributed by atoms with van der Waals surface area (Å²) in [6.07, 6.45) is 0. The number of hydrogen-bond acceptors (Lipinski definition) is 4. The van der Waals surface area contributed by atoms with Crippen LogP contribution in [0.4, 0.5) is 17.1 Å². The van der Waals surface area contributed by atoms with Crippen LogP contribution in [0.15, 0.2) is 48.5 Å². The number of nitrogens with zero attached hydrogens (tertiary/aromatic N) is 2. The molecule has 0 aromatic heterocycles. The van der Waals surface area contributed by atoms with Crippen molar-refractivity contribution in [2.45, 2.75) is 13.5 Å².